The van der Waals surface area contributed by atoms with E-state index in [0.29, 0.717) is 16.8 Å². The minimum Gasteiger partial charge on any atom is -0.337 e. The fourth-order valence-corrected chi connectivity index (χ4v) is 2.24. The quantitative estimate of drug-likeness (QED) is 0.750. The molecule has 1 aromatic heterocycles. The molecule has 5 heteroatoms. The fraction of sp³-hybridized carbons (Fsp3) is 0.500. The maximum atomic E-state index is 12.2. The van der Waals surface area contributed by atoms with Crippen LogP contribution >= 0.6 is 11.6 Å². The van der Waals surface area contributed by atoms with Crippen molar-refractivity contribution in [2.45, 2.75) is 12.5 Å². The molecule has 1 aliphatic heterocycles. The first-order valence-corrected chi connectivity index (χ1v) is 6.03. The van der Waals surface area contributed by atoms with Crippen LogP contribution in [0.5, 0.6) is 0 Å². The Labute approximate surface area is 106 Å². The predicted octanol–water partition coefficient (Wildman–Crippen LogP) is 1.51. The summed E-state index contributed by atoms with van der Waals surface area (Å²) in [4.78, 5) is 20.1. The van der Waals surface area contributed by atoms with E-state index in [0.717, 1.165) is 19.5 Å². The van der Waals surface area contributed by atoms with E-state index in [4.69, 9.17) is 11.6 Å². The SMILES string of the molecule is CN(C)C1CCN(C(=O)c2ccnc(Cl)c2)C1. The van der Waals surface area contributed by atoms with Gasteiger partial charge in [-0.1, -0.05) is 11.6 Å². The van der Waals surface area contributed by atoms with Crippen molar-refractivity contribution in [1.29, 1.82) is 0 Å². The van der Waals surface area contributed by atoms with E-state index in [1.165, 1.54) is 0 Å². The van der Waals surface area contributed by atoms with Crippen LogP contribution in [0.15, 0.2) is 18.3 Å². The number of aromatic nitrogens is 1. The molecule has 1 amide bonds. The molecule has 0 aromatic carbocycles. The van der Waals surface area contributed by atoms with Gasteiger partial charge in [0.25, 0.3) is 5.91 Å². The third kappa shape index (κ3) is 2.76. The summed E-state index contributed by atoms with van der Waals surface area (Å²) in [5.74, 6) is 0.0404. The second-order valence-electron chi connectivity index (χ2n) is 4.52. The van der Waals surface area contributed by atoms with E-state index in [1.54, 1.807) is 18.3 Å². The van der Waals surface area contributed by atoms with E-state index >= 15 is 0 Å². The minimum atomic E-state index is 0.0404. The molecule has 1 aromatic rings. The number of hydrogen-bond donors (Lipinski definition) is 0. The molecule has 17 heavy (non-hydrogen) atoms. The summed E-state index contributed by atoms with van der Waals surface area (Å²) in [5.41, 5.74) is 0.615. The summed E-state index contributed by atoms with van der Waals surface area (Å²) >= 11 is 5.78. The van der Waals surface area contributed by atoms with E-state index < -0.39 is 0 Å². The number of carbonyl (C=O) groups excluding carboxylic acids is 1. The predicted molar refractivity (Wildman–Crippen MR) is 67.2 cm³/mol. The number of halogens is 1. The van der Waals surface area contributed by atoms with Crippen molar-refractivity contribution in [3.8, 4) is 0 Å². The third-order valence-corrected chi connectivity index (χ3v) is 3.36. The van der Waals surface area contributed by atoms with Crippen molar-refractivity contribution < 1.29 is 4.79 Å². The monoisotopic (exact) mass is 253 g/mol. The molecule has 0 N–H and O–H groups in total. The lowest BCUT2D eigenvalue weighted by molar-refractivity contribution is 0.0783. The summed E-state index contributed by atoms with van der Waals surface area (Å²) < 4.78 is 0. The minimum absolute atomic E-state index is 0.0404. The first-order valence-electron chi connectivity index (χ1n) is 5.65. The standard InChI is InChI=1S/C12H16ClN3O/c1-15(2)10-4-6-16(8-10)12(17)9-3-5-14-11(13)7-9/h3,5,7,10H,4,6,8H2,1-2H3. The highest BCUT2D eigenvalue weighted by atomic mass is 35.5. The molecule has 1 atom stereocenters. The Morgan fingerprint density at radius 2 is 2.35 bits per heavy atom. The number of nitrogens with zero attached hydrogens (tertiary/aromatic N) is 3. The maximum Gasteiger partial charge on any atom is 0.254 e. The largest absolute Gasteiger partial charge is 0.337 e. The molecule has 0 aliphatic carbocycles. The summed E-state index contributed by atoms with van der Waals surface area (Å²) in [7, 11) is 4.09. The van der Waals surface area contributed by atoms with Crippen LogP contribution < -0.4 is 0 Å². The van der Waals surface area contributed by atoms with E-state index in [2.05, 4.69) is 9.88 Å². The van der Waals surface area contributed by atoms with Crippen LogP contribution in [-0.4, -0.2) is 53.9 Å². The zero-order chi connectivity index (χ0) is 12.4. The van der Waals surface area contributed by atoms with Gasteiger partial charge < -0.3 is 9.80 Å². The Morgan fingerprint density at radius 3 is 2.94 bits per heavy atom. The second-order valence-corrected chi connectivity index (χ2v) is 4.91. The topological polar surface area (TPSA) is 36.4 Å². The molecular formula is C12H16ClN3O. The fourth-order valence-electron chi connectivity index (χ4n) is 2.07. The lowest BCUT2D eigenvalue weighted by Gasteiger charge is -2.20. The van der Waals surface area contributed by atoms with Gasteiger partial charge in [-0.15, -0.1) is 0 Å². The number of pyridine rings is 1. The summed E-state index contributed by atoms with van der Waals surface area (Å²) in [6, 6.07) is 3.78. The van der Waals surface area contributed by atoms with E-state index in [9.17, 15) is 4.79 Å². The highest BCUT2D eigenvalue weighted by molar-refractivity contribution is 6.29. The van der Waals surface area contributed by atoms with Gasteiger partial charge in [-0.25, -0.2) is 4.98 Å². The highest BCUT2D eigenvalue weighted by Gasteiger charge is 2.28. The van der Waals surface area contributed by atoms with Crippen LogP contribution in [0.25, 0.3) is 0 Å². The van der Waals surface area contributed by atoms with E-state index in [1.807, 2.05) is 19.0 Å². The van der Waals surface area contributed by atoms with E-state index in [-0.39, 0.29) is 5.91 Å². The lowest BCUT2D eigenvalue weighted by Crippen LogP contribution is -2.34. The average Bonchev–Trinajstić information content (AvgIpc) is 2.77. The van der Waals surface area contributed by atoms with Gasteiger partial charge in [-0.3, -0.25) is 4.79 Å². The molecule has 0 spiro atoms. The molecule has 2 rings (SSSR count). The molecule has 1 saturated heterocycles. The molecule has 1 fully saturated rings. The molecule has 1 unspecified atom stereocenters. The van der Waals surface area contributed by atoms with Crippen LogP contribution in [0.4, 0.5) is 0 Å². The Hall–Kier alpha value is -1.13. The zero-order valence-electron chi connectivity index (χ0n) is 10.1. The Morgan fingerprint density at radius 1 is 1.59 bits per heavy atom. The molecular weight excluding hydrogens is 238 g/mol. The smallest absolute Gasteiger partial charge is 0.254 e. The molecule has 4 nitrogen and oxygen atoms in total. The van der Waals surface area contributed by atoms with Gasteiger partial charge in [0, 0.05) is 30.9 Å². The van der Waals surface area contributed by atoms with Gasteiger partial charge in [0.05, 0.1) is 0 Å². The van der Waals surface area contributed by atoms with Crippen LogP contribution in [-0.2, 0) is 0 Å². The van der Waals surface area contributed by atoms with Gasteiger partial charge in [0.2, 0.25) is 0 Å². The van der Waals surface area contributed by atoms with Crippen molar-refractivity contribution in [3.05, 3.63) is 29.0 Å². The second kappa shape index (κ2) is 5.02. The Balaban J connectivity index is 2.07. The summed E-state index contributed by atoms with van der Waals surface area (Å²) in [6.45, 7) is 1.59. The van der Waals surface area contributed by atoms with Gasteiger partial charge in [0.15, 0.2) is 0 Å². The van der Waals surface area contributed by atoms with Gasteiger partial charge >= 0.3 is 0 Å². The molecule has 0 radical (unpaired) electrons. The summed E-state index contributed by atoms with van der Waals surface area (Å²) in [5, 5.41) is 0.360. The van der Waals surface area contributed by atoms with Gasteiger partial charge in [0.1, 0.15) is 5.15 Å². The number of likely N-dealkylation sites (N-methyl/N-ethyl adjacent to an activating group) is 1. The van der Waals surface area contributed by atoms with Crippen molar-refractivity contribution in [2.24, 2.45) is 0 Å². The molecule has 1 aliphatic rings. The van der Waals surface area contributed by atoms with Crippen molar-refractivity contribution >= 4 is 17.5 Å². The zero-order valence-corrected chi connectivity index (χ0v) is 10.8. The van der Waals surface area contributed by atoms with Gasteiger partial charge in [-0.2, -0.15) is 0 Å². The average molecular weight is 254 g/mol. The highest BCUT2D eigenvalue weighted by Crippen LogP contribution is 2.17. The first-order chi connectivity index (χ1) is 8.08. The van der Waals surface area contributed by atoms with Crippen LogP contribution in [0.3, 0.4) is 0 Å². The van der Waals surface area contributed by atoms with Crippen LogP contribution in [0, 0.1) is 0 Å². The first kappa shape index (κ1) is 12.3. The van der Waals surface area contributed by atoms with Crippen molar-refractivity contribution in [2.75, 3.05) is 27.2 Å². The molecule has 0 saturated carbocycles. The number of likely N-dealkylation sites (tertiary alicyclic amines) is 1. The lowest BCUT2D eigenvalue weighted by atomic mass is 10.2. The van der Waals surface area contributed by atoms with Gasteiger partial charge in [-0.05, 0) is 32.6 Å². The number of rotatable bonds is 2. The molecule has 0 bridgehead atoms. The Bertz CT molecular complexity index is 422. The van der Waals surface area contributed by atoms with Crippen LogP contribution in [0.1, 0.15) is 16.8 Å². The summed E-state index contributed by atoms with van der Waals surface area (Å²) in [6.07, 6.45) is 2.59. The molecule has 2 heterocycles. The maximum absolute atomic E-state index is 12.2. The third-order valence-electron chi connectivity index (χ3n) is 3.15. The van der Waals surface area contributed by atoms with Crippen LogP contribution in [0.2, 0.25) is 5.15 Å². The van der Waals surface area contributed by atoms with Crippen molar-refractivity contribution in [1.82, 2.24) is 14.8 Å². The number of amides is 1. The molecule has 92 valence electrons. The van der Waals surface area contributed by atoms with Crippen molar-refractivity contribution in [3.63, 3.8) is 0 Å². The Kier molecular flexibility index (Phi) is 3.64. The number of hydrogen-bond acceptors (Lipinski definition) is 3. The normalized spacial score (nSPS) is 20.0. The number of carbonyl (C=O) groups is 1.